The van der Waals surface area contributed by atoms with E-state index in [0.717, 1.165) is 46.5 Å². The van der Waals surface area contributed by atoms with Gasteiger partial charge in [-0.3, -0.25) is 0 Å². The topological polar surface area (TPSA) is 49.7 Å². The van der Waals surface area contributed by atoms with Crippen LogP contribution in [0.1, 0.15) is 0 Å². The molecule has 0 spiro atoms. The monoisotopic (exact) mass is 343 g/mol. The van der Waals surface area contributed by atoms with Gasteiger partial charge >= 0.3 is 0 Å². The van der Waals surface area contributed by atoms with Gasteiger partial charge in [-0.1, -0.05) is 18.2 Å². The largest absolute Gasteiger partial charge is 0.495 e. The Hall–Kier alpha value is -2.31. The Morgan fingerprint density at radius 3 is 2.71 bits per heavy atom. The molecule has 0 atom stereocenters. The van der Waals surface area contributed by atoms with E-state index in [0.29, 0.717) is 5.11 Å². The number of nitrogens with one attached hydrogen (secondary N) is 2. The van der Waals surface area contributed by atoms with Crippen molar-refractivity contribution < 1.29 is 9.15 Å². The minimum Gasteiger partial charge on any atom is -0.495 e. The molecule has 1 aromatic heterocycles. The number of methoxy groups -OCH3 is 1. The summed E-state index contributed by atoms with van der Waals surface area (Å²) in [5.41, 5.74) is 2.44. The maximum atomic E-state index is 5.92. The number of benzene rings is 2. The lowest BCUT2D eigenvalue weighted by atomic mass is 10.1. The fourth-order valence-electron chi connectivity index (χ4n) is 2.58. The summed E-state index contributed by atoms with van der Waals surface area (Å²) >= 11 is 5.36. The fraction of sp³-hybridized carbons (Fsp3) is 0.278. The molecule has 0 aliphatic rings. The number of ether oxygens (including phenoxy) is 1. The van der Waals surface area contributed by atoms with E-state index in [-0.39, 0.29) is 0 Å². The molecule has 0 aliphatic heterocycles. The quantitative estimate of drug-likeness (QED) is 0.692. The Bertz CT molecular complexity index is 873. The maximum Gasteiger partial charge on any atom is 0.170 e. The number of para-hydroxylation sites is 1. The molecule has 0 radical (unpaired) electrons. The summed E-state index contributed by atoms with van der Waals surface area (Å²) in [5.74, 6) is 0.728. The highest BCUT2D eigenvalue weighted by atomic mass is 32.1. The fourth-order valence-corrected chi connectivity index (χ4v) is 2.79. The van der Waals surface area contributed by atoms with Crippen molar-refractivity contribution in [3.8, 4) is 5.75 Å². The summed E-state index contributed by atoms with van der Waals surface area (Å²) in [7, 11) is 5.70. The van der Waals surface area contributed by atoms with Gasteiger partial charge in [0.2, 0.25) is 0 Å². The van der Waals surface area contributed by atoms with Crippen molar-refractivity contribution in [2.24, 2.45) is 0 Å². The van der Waals surface area contributed by atoms with Crippen molar-refractivity contribution >= 4 is 45.0 Å². The molecule has 6 heteroatoms. The van der Waals surface area contributed by atoms with Crippen molar-refractivity contribution in [3.63, 3.8) is 0 Å². The second-order valence-electron chi connectivity index (χ2n) is 5.83. The maximum absolute atomic E-state index is 5.92. The molecule has 2 N–H and O–H groups in total. The molecule has 2 aromatic carbocycles. The van der Waals surface area contributed by atoms with Crippen molar-refractivity contribution in [3.05, 3.63) is 36.4 Å². The van der Waals surface area contributed by atoms with E-state index in [1.54, 1.807) is 7.11 Å². The highest BCUT2D eigenvalue weighted by Gasteiger charge is 2.12. The number of fused-ring (bicyclic) bond motifs is 3. The summed E-state index contributed by atoms with van der Waals surface area (Å²) < 4.78 is 11.4. The molecule has 3 rings (SSSR count). The van der Waals surface area contributed by atoms with Crippen LogP contribution in [0.25, 0.3) is 21.9 Å². The molecule has 5 nitrogen and oxygen atoms in total. The van der Waals surface area contributed by atoms with Gasteiger partial charge in [0.15, 0.2) is 5.11 Å². The van der Waals surface area contributed by atoms with Gasteiger partial charge in [0, 0.05) is 29.9 Å². The molecule has 0 aliphatic carbocycles. The third kappa shape index (κ3) is 3.44. The first kappa shape index (κ1) is 16.5. The average molecular weight is 343 g/mol. The van der Waals surface area contributed by atoms with E-state index in [2.05, 4.69) is 15.5 Å². The minimum absolute atomic E-state index is 0.561. The van der Waals surface area contributed by atoms with Crippen LogP contribution in [-0.4, -0.2) is 44.3 Å². The summed E-state index contributed by atoms with van der Waals surface area (Å²) in [5, 5.41) is 9.03. The summed E-state index contributed by atoms with van der Waals surface area (Å²) in [6.07, 6.45) is 0. The first-order valence-electron chi connectivity index (χ1n) is 7.77. The zero-order chi connectivity index (χ0) is 17.1. The number of rotatable bonds is 5. The normalized spacial score (nSPS) is 11.2. The second kappa shape index (κ2) is 7.07. The van der Waals surface area contributed by atoms with Gasteiger partial charge in [-0.05, 0) is 38.4 Å². The van der Waals surface area contributed by atoms with Gasteiger partial charge in [-0.25, -0.2) is 0 Å². The van der Waals surface area contributed by atoms with Crippen LogP contribution >= 0.6 is 12.2 Å². The number of hydrogen-bond donors (Lipinski definition) is 2. The second-order valence-corrected chi connectivity index (χ2v) is 6.24. The third-order valence-electron chi connectivity index (χ3n) is 3.79. The van der Waals surface area contributed by atoms with Crippen molar-refractivity contribution in [1.82, 2.24) is 10.2 Å². The molecule has 0 bridgehead atoms. The van der Waals surface area contributed by atoms with E-state index in [9.17, 15) is 0 Å². The zero-order valence-corrected chi connectivity index (χ0v) is 14.9. The van der Waals surface area contributed by atoms with Gasteiger partial charge in [0.1, 0.15) is 16.9 Å². The highest BCUT2D eigenvalue weighted by molar-refractivity contribution is 7.80. The number of anilines is 1. The van der Waals surface area contributed by atoms with Gasteiger partial charge in [-0.15, -0.1) is 0 Å². The molecule has 3 aromatic rings. The molecule has 1 heterocycles. The molecule has 0 amide bonds. The predicted molar refractivity (Wildman–Crippen MR) is 103 cm³/mol. The van der Waals surface area contributed by atoms with Crippen molar-refractivity contribution in [2.75, 3.05) is 39.6 Å². The Morgan fingerprint density at radius 1 is 1.17 bits per heavy atom. The lowest BCUT2D eigenvalue weighted by Gasteiger charge is -2.15. The van der Waals surface area contributed by atoms with Gasteiger partial charge in [0.25, 0.3) is 0 Å². The van der Waals surface area contributed by atoms with Crippen LogP contribution in [0, 0.1) is 0 Å². The molecule has 0 fully saturated rings. The first-order chi connectivity index (χ1) is 11.6. The van der Waals surface area contributed by atoms with Gasteiger partial charge in [0.05, 0.1) is 12.8 Å². The molecular weight excluding hydrogens is 322 g/mol. The predicted octanol–water partition coefficient (Wildman–Crippen LogP) is 3.44. The van der Waals surface area contributed by atoms with Gasteiger partial charge in [-0.2, -0.15) is 0 Å². The highest BCUT2D eigenvalue weighted by Crippen LogP contribution is 2.36. The van der Waals surface area contributed by atoms with Crippen LogP contribution in [0.4, 0.5) is 5.69 Å². The number of nitrogens with zero attached hydrogens (tertiary/aromatic N) is 1. The number of furan rings is 1. The minimum atomic E-state index is 0.561. The molecular formula is C18H21N3O2S. The van der Waals surface area contributed by atoms with Crippen LogP contribution in [0.2, 0.25) is 0 Å². The standard InChI is InChI=1S/C18H21N3O2S/c1-21(2)9-8-19-18(24)20-14-11-16-13(10-17(14)22-3)12-6-4-5-7-15(12)23-16/h4-7,10-11H,8-9H2,1-3H3,(H2,19,20,24). The van der Waals surface area contributed by atoms with E-state index >= 15 is 0 Å². The molecule has 0 unspecified atom stereocenters. The SMILES string of the molecule is COc1cc2c(cc1NC(=S)NCCN(C)C)oc1ccccc12. The smallest absolute Gasteiger partial charge is 0.170 e. The van der Waals surface area contributed by atoms with Crippen LogP contribution in [0.15, 0.2) is 40.8 Å². The first-order valence-corrected chi connectivity index (χ1v) is 8.18. The molecule has 24 heavy (non-hydrogen) atoms. The van der Waals surface area contributed by atoms with Crippen LogP contribution < -0.4 is 15.4 Å². The zero-order valence-electron chi connectivity index (χ0n) is 14.1. The third-order valence-corrected chi connectivity index (χ3v) is 4.04. The number of likely N-dealkylation sites (N-methyl/N-ethyl adjacent to an activating group) is 1. The van der Waals surface area contributed by atoms with Crippen molar-refractivity contribution in [2.45, 2.75) is 0 Å². The summed E-state index contributed by atoms with van der Waals surface area (Å²) in [6, 6.07) is 11.9. The van der Waals surface area contributed by atoms with Crippen LogP contribution in [0.5, 0.6) is 5.75 Å². The summed E-state index contributed by atoms with van der Waals surface area (Å²) in [4.78, 5) is 2.09. The lowest BCUT2D eigenvalue weighted by Crippen LogP contribution is -2.34. The number of thiocarbonyl (C=S) groups is 1. The van der Waals surface area contributed by atoms with E-state index in [1.807, 2.05) is 50.5 Å². The van der Waals surface area contributed by atoms with Crippen LogP contribution in [0.3, 0.4) is 0 Å². The van der Waals surface area contributed by atoms with E-state index < -0.39 is 0 Å². The Kier molecular flexibility index (Phi) is 4.87. The van der Waals surface area contributed by atoms with E-state index in [4.69, 9.17) is 21.4 Å². The van der Waals surface area contributed by atoms with Gasteiger partial charge < -0.3 is 24.7 Å². The van der Waals surface area contributed by atoms with Crippen LogP contribution in [-0.2, 0) is 0 Å². The Morgan fingerprint density at radius 2 is 1.96 bits per heavy atom. The van der Waals surface area contributed by atoms with Crippen molar-refractivity contribution in [1.29, 1.82) is 0 Å². The average Bonchev–Trinajstić information content (AvgIpc) is 2.91. The Labute approximate surface area is 146 Å². The molecule has 126 valence electrons. The summed E-state index contributed by atoms with van der Waals surface area (Å²) in [6.45, 7) is 1.68. The lowest BCUT2D eigenvalue weighted by molar-refractivity contribution is 0.413. The molecule has 0 saturated carbocycles. The number of hydrogen-bond acceptors (Lipinski definition) is 4. The molecule has 0 saturated heterocycles. The van der Waals surface area contributed by atoms with E-state index in [1.165, 1.54) is 0 Å². The Balaban J connectivity index is 1.87.